The van der Waals surface area contributed by atoms with Gasteiger partial charge in [0.1, 0.15) is 11.4 Å². The molecule has 0 aliphatic carbocycles. The lowest BCUT2D eigenvalue weighted by Crippen LogP contribution is -2.32. The van der Waals surface area contributed by atoms with Gasteiger partial charge in [-0.2, -0.15) is 0 Å². The van der Waals surface area contributed by atoms with E-state index >= 15 is 0 Å². The summed E-state index contributed by atoms with van der Waals surface area (Å²) in [6.07, 6.45) is 2.37. The first-order valence-electron chi connectivity index (χ1n) is 12.1. The Morgan fingerprint density at radius 2 is 1.49 bits per heavy atom. The number of aryl methyl sites for hydroxylation is 1. The van der Waals surface area contributed by atoms with Crippen molar-refractivity contribution in [2.45, 2.75) is 26.7 Å². The zero-order valence-electron chi connectivity index (χ0n) is 20.1. The average molecular weight is 468 g/mol. The van der Waals surface area contributed by atoms with Crippen LogP contribution in [0.2, 0.25) is 0 Å². The van der Waals surface area contributed by atoms with Gasteiger partial charge in [-0.3, -0.25) is 9.59 Å². The van der Waals surface area contributed by atoms with Crippen LogP contribution in [0.1, 0.15) is 30.9 Å². The quantitative estimate of drug-likeness (QED) is 0.472. The van der Waals surface area contributed by atoms with Gasteiger partial charge in [-0.25, -0.2) is 4.90 Å². The third-order valence-electron chi connectivity index (χ3n) is 6.45. The number of amides is 2. The lowest BCUT2D eigenvalue weighted by molar-refractivity contribution is -0.120. The second kappa shape index (κ2) is 9.66. The molecule has 2 amide bonds. The molecule has 0 radical (unpaired) electrons. The van der Waals surface area contributed by atoms with Crippen molar-refractivity contribution in [2.75, 3.05) is 34.8 Å². The average Bonchev–Trinajstić information content (AvgIpc) is 3.49. The molecule has 3 aromatic carbocycles. The van der Waals surface area contributed by atoms with Crippen molar-refractivity contribution in [2.24, 2.45) is 0 Å². The number of nitrogens with zero attached hydrogens (tertiary/aromatic N) is 2. The van der Waals surface area contributed by atoms with Crippen LogP contribution >= 0.6 is 0 Å². The predicted octanol–water partition coefficient (Wildman–Crippen LogP) is 5.39. The molecule has 1 fully saturated rings. The summed E-state index contributed by atoms with van der Waals surface area (Å²) < 4.78 is 5.74. The molecular formula is C29H29N3O3. The summed E-state index contributed by atoms with van der Waals surface area (Å²) in [4.78, 5) is 31.0. The van der Waals surface area contributed by atoms with E-state index in [1.165, 1.54) is 17.7 Å². The molecule has 2 aliphatic heterocycles. The van der Waals surface area contributed by atoms with Gasteiger partial charge in [-0.05, 0) is 68.7 Å². The summed E-state index contributed by atoms with van der Waals surface area (Å²) in [5.74, 6) is -0.102. The first kappa shape index (κ1) is 22.7. The normalized spacial score (nSPS) is 15.8. The number of anilines is 3. The van der Waals surface area contributed by atoms with Crippen molar-refractivity contribution >= 4 is 34.4 Å². The number of hydrogen-bond donors (Lipinski definition) is 1. The van der Waals surface area contributed by atoms with Crippen LogP contribution in [0, 0.1) is 6.92 Å². The van der Waals surface area contributed by atoms with E-state index in [1.807, 2.05) is 86.6 Å². The molecule has 178 valence electrons. The molecule has 0 aromatic heterocycles. The van der Waals surface area contributed by atoms with Gasteiger partial charge >= 0.3 is 0 Å². The Hall–Kier alpha value is -4.06. The maximum absolute atomic E-state index is 13.7. The Labute approximate surface area is 205 Å². The van der Waals surface area contributed by atoms with E-state index in [1.54, 1.807) is 0 Å². The topological polar surface area (TPSA) is 61.9 Å². The highest BCUT2D eigenvalue weighted by molar-refractivity contribution is 6.46. The number of imide groups is 1. The summed E-state index contributed by atoms with van der Waals surface area (Å²) in [7, 11) is 0. The molecule has 6 heteroatoms. The van der Waals surface area contributed by atoms with Crippen molar-refractivity contribution in [3.05, 3.63) is 89.6 Å². The first-order valence-corrected chi connectivity index (χ1v) is 12.1. The Kier molecular flexibility index (Phi) is 6.27. The van der Waals surface area contributed by atoms with Crippen LogP contribution in [0.3, 0.4) is 0 Å². The molecule has 5 rings (SSSR count). The minimum Gasteiger partial charge on any atom is -0.492 e. The standard InChI is InChI=1S/C29H29N3O3/c1-3-35-25-9-5-4-8-24(25)30-27-26(21-12-10-20(2)11-13-21)28(33)32(29(27)34)23-16-14-22(15-17-23)31-18-6-7-19-31/h4-5,8-17,30H,3,6-7,18-19H2,1-2H3. The number of benzene rings is 3. The van der Waals surface area contributed by atoms with Crippen LogP contribution in [-0.2, 0) is 9.59 Å². The van der Waals surface area contributed by atoms with Gasteiger partial charge in [0.25, 0.3) is 11.8 Å². The highest BCUT2D eigenvalue weighted by Gasteiger charge is 2.40. The van der Waals surface area contributed by atoms with E-state index in [9.17, 15) is 9.59 Å². The molecule has 0 saturated carbocycles. The Morgan fingerprint density at radius 3 is 2.17 bits per heavy atom. The largest absolute Gasteiger partial charge is 0.492 e. The van der Waals surface area contributed by atoms with Gasteiger partial charge in [-0.1, -0.05) is 42.0 Å². The second-order valence-electron chi connectivity index (χ2n) is 8.83. The number of hydrogen-bond acceptors (Lipinski definition) is 5. The van der Waals surface area contributed by atoms with E-state index in [4.69, 9.17) is 4.74 Å². The minimum absolute atomic E-state index is 0.245. The van der Waals surface area contributed by atoms with Crippen LogP contribution in [0.15, 0.2) is 78.5 Å². The number of rotatable bonds is 7. The first-order chi connectivity index (χ1) is 17.1. The van der Waals surface area contributed by atoms with Crippen molar-refractivity contribution in [1.29, 1.82) is 0 Å². The fourth-order valence-electron chi connectivity index (χ4n) is 4.64. The summed E-state index contributed by atoms with van der Waals surface area (Å²) >= 11 is 0. The Bertz CT molecular complexity index is 1270. The van der Waals surface area contributed by atoms with E-state index in [0.717, 1.165) is 24.3 Å². The van der Waals surface area contributed by atoms with Crippen LogP contribution in [-0.4, -0.2) is 31.5 Å². The molecular weight excluding hydrogens is 438 g/mol. The van der Waals surface area contributed by atoms with Crippen LogP contribution in [0.5, 0.6) is 5.75 Å². The Morgan fingerprint density at radius 1 is 0.829 bits per heavy atom. The molecule has 1 N–H and O–H groups in total. The van der Waals surface area contributed by atoms with E-state index in [0.29, 0.717) is 34.9 Å². The fourth-order valence-corrected chi connectivity index (χ4v) is 4.64. The van der Waals surface area contributed by atoms with Crippen molar-refractivity contribution in [1.82, 2.24) is 0 Å². The van der Waals surface area contributed by atoms with Crippen LogP contribution in [0.4, 0.5) is 17.1 Å². The molecule has 0 bridgehead atoms. The van der Waals surface area contributed by atoms with E-state index in [2.05, 4.69) is 10.2 Å². The number of nitrogens with one attached hydrogen (secondary N) is 1. The van der Waals surface area contributed by atoms with Gasteiger partial charge in [0, 0.05) is 18.8 Å². The van der Waals surface area contributed by atoms with Crippen LogP contribution in [0.25, 0.3) is 5.57 Å². The number of carbonyl (C=O) groups excluding carboxylic acids is 2. The number of para-hydroxylation sites is 2. The van der Waals surface area contributed by atoms with Crippen LogP contribution < -0.4 is 19.9 Å². The highest BCUT2D eigenvalue weighted by atomic mass is 16.5. The highest BCUT2D eigenvalue weighted by Crippen LogP contribution is 2.36. The maximum Gasteiger partial charge on any atom is 0.282 e. The van der Waals surface area contributed by atoms with E-state index < -0.39 is 0 Å². The molecule has 6 nitrogen and oxygen atoms in total. The molecule has 2 heterocycles. The molecule has 35 heavy (non-hydrogen) atoms. The van der Waals surface area contributed by atoms with Gasteiger partial charge in [-0.15, -0.1) is 0 Å². The molecule has 3 aromatic rings. The zero-order chi connectivity index (χ0) is 24.4. The molecule has 0 unspecified atom stereocenters. The Balaban J connectivity index is 1.53. The van der Waals surface area contributed by atoms with Gasteiger partial charge < -0.3 is 15.0 Å². The fraction of sp³-hybridized carbons (Fsp3) is 0.241. The minimum atomic E-state index is -0.384. The lowest BCUT2D eigenvalue weighted by Gasteiger charge is -2.20. The third-order valence-corrected chi connectivity index (χ3v) is 6.45. The maximum atomic E-state index is 13.7. The lowest BCUT2D eigenvalue weighted by atomic mass is 10.0. The SMILES string of the molecule is CCOc1ccccc1NC1=C(c2ccc(C)cc2)C(=O)N(c2ccc(N3CCCC3)cc2)C1=O. The number of ether oxygens (including phenoxy) is 1. The molecule has 0 atom stereocenters. The van der Waals surface area contributed by atoms with Crippen molar-refractivity contribution in [3.63, 3.8) is 0 Å². The van der Waals surface area contributed by atoms with Gasteiger partial charge in [0.05, 0.1) is 23.6 Å². The van der Waals surface area contributed by atoms with Crippen molar-refractivity contribution in [3.8, 4) is 5.75 Å². The predicted molar refractivity (Wildman–Crippen MR) is 140 cm³/mol. The molecule has 1 saturated heterocycles. The smallest absolute Gasteiger partial charge is 0.282 e. The summed E-state index contributed by atoms with van der Waals surface area (Å²) in [5, 5.41) is 3.23. The second-order valence-corrected chi connectivity index (χ2v) is 8.83. The summed E-state index contributed by atoms with van der Waals surface area (Å²) in [6.45, 7) is 6.46. The molecule has 0 spiro atoms. The summed E-state index contributed by atoms with van der Waals surface area (Å²) in [6, 6.07) is 22.8. The summed E-state index contributed by atoms with van der Waals surface area (Å²) in [5.41, 5.74) is 4.68. The van der Waals surface area contributed by atoms with Gasteiger partial charge in [0.2, 0.25) is 0 Å². The zero-order valence-corrected chi connectivity index (χ0v) is 20.1. The van der Waals surface area contributed by atoms with E-state index in [-0.39, 0.29) is 17.5 Å². The van der Waals surface area contributed by atoms with Gasteiger partial charge in [0.15, 0.2) is 0 Å². The third kappa shape index (κ3) is 4.39. The van der Waals surface area contributed by atoms with Crippen molar-refractivity contribution < 1.29 is 14.3 Å². The molecule has 2 aliphatic rings. The monoisotopic (exact) mass is 467 g/mol. The number of carbonyl (C=O) groups is 2.